The molecule has 0 atom stereocenters. The molecular formula is C26H19Cl2F2N5O. The number of hydrogen-bond acceptors (Lipinski definition) is 3. The quantitative estimate of drug-likeness (QED) is 0.243. The van der Waals surface area contributed by atoms with Gasteiger partial charge in [0.25, 0.3) is 5.91 Å². The van der Waals surface area contributed by atoms with Crippen LogP contribution in [0.25, 0.3) is 33.7 Å². The number of amides is 1. The standard InChI is InChI=1S/C26H19Cl2F2N5O/c1-2-10-35-22(13-20(34-35)14-6-8-16(29)9-7-14)32-26(36)15-11-18(28)24-21(12-15)31-25(33-24)23-17(27)4-3-5-19(23)30/h3-9,11-13H,2,10H2,1H3,(H,31,33)(H,32,36). The lowest BCUT2D eigenvalue weighted by molar-refractivity contribution is 0.102. The number of rotatable bonds is 6. The van der Waals surface area contributed by atoms with Crippen molar-refractivity contribution >= 4 is 46.0 Å². The van der Waals surface area contributed by atoms with Crippen LogP contribution in [-0.4, -0.2) is 25.7 Å². The number of nitrogens with zero attached hydrogens (tertiary/aromatic N) is 3. The first kappa shape index (κ1) is 24.0. The first-order valence-electron chi connectivity index (χ1n) is 11.1. The largest absolute Gasteiger partial charge is 0.338 e. The minimum Gasteiger partial charge on any atom is -0.338 e. The van der Waals surface area contributed by atoms with E-state index in [-0.39, 0.29) is 32.8 Å². The number of aromatic nitrogens is 4. The second kappa shape index (κ2) is 9.72. The lowest BCUT2D eigenvalue weighted by Gasteiger charge is -2.08. The predicted octanol–water partition coefficient (Wildman–Crippen LogP) is 7.34. The minimum atomic E-state index is -0.531. The van der Waals surface area contributed by atoms with Crippen molar-refractivity contribution in [3.05, 3.63) is 87.9 Å². The summed E-state index contributed by atoms with van der Waals surface area (Å²) in [5.41, 5.74) is 2.56. The second-order valence-electron chi connectivity index (χ2n) is 8.14. The highest BCUT2D eigenvalue weighted by Gasteiger charge is 2.19. The van der Waals surface area contributed by atoms with Crippen LogP contribution in [0.1, 0.15) is 23.7 Å². The van der Waals surface area contributed by atoms with Gasteiger partial charge in [-0.25, -0.2) is 18.4 Å². The third-order valence-corrected chi connectivity index (χ3v) is 6.20. The van der Waals surface area contributed by atoms with Crippen LogP contribution in [0, 0.1) is 11.6 Å². The summed E-state index contributed by atoms with van der Waals surface area (Å²) in [6, 6.07) is 15.1. The summed E-state index contributed by atoms with van der Waals surface area (Å²) in [7, 11) is 0. The summed E-state index contributed by atoms with van der Waals surface area (Å²) < 4.78 is 29.4. The van der Waals surface area contributed by atoms with Crippen LogP contribution in [-0.2, 0) is 6.54 Å². The normalized spacial score (nSPS) is 11.2. The topological polar surface area (TPSA) is 75.6 Å². The lowest BCUT2D eigenvalue weighted by atomic mass is 10.1. The van der Waals surface area contributed by atoms with Crippen LogP contribution in [0.2, 0.25) is 10.0 Å². The van der Waals surface area contributed by atoms with Crippen molar-refractivity contribution in [3.8, 4) is 22.6 Å². The van der Waals surface area contributed by atoms with E-state index in [9.17, 15) is 13.6 Å². The number of aryl methyl sites for hydroxylation is 1. The van der Waals surface area contributed by atoms with Gasteiger partial charge in [0.2, 0.25) is 0 Å². The van der Waals surface area contributed by atoms with Gasteiger partial charge in [-0.1, -0.05) is 36.2 Å². The molecule has 0 aliphatic rings. The number of carbonyl (C=O) groups excluding carboxylic acids is 1. The van der Waals surface area contributed by atoms with E-state index in [4.69, 9.17) is 23.2 Å². The van der Waals surface area contributed by atoms with E-state index in [0.717, 1.165) is 12.0 Å². The zero-order valence-corrected chi connectivity index (χ0v) is 20.5. The van der Waals surface area contributed by atoms with Crippen molar-refractivity contribution in [2.24, 2.45) is 0 Å². The van der Waals surface area contributed by atoms with E-state index in [1.165, 1.54) is 30.3 Å². The highest BCUT2D eigenvalue weighted by molar-refractivity contribution is 6.36. The molecule has 0 bridgehead atoms. The number of imidazole rings is 1. The second-order valence-corrected chi connectivity index (χ2v) is 8.95. The maximum Gasteiger partial charge on any atom is 0.256 e. The molecule has 6 nitrogen and oxygen atoms in total. The number of benzene rings is 3. The van der Waals surface area contributed by atoms with Crippen molar-refractivity contribution in [1.82, 2.24) is 19.7 Å². The predicted molar refractivity (Wildman–Crippen MR) is 137 cm³/mol. The van der Waals surface area contributed by atoms with Crippen LogP contribution in [0.4, 0.5) is 14.6 Å². The summed E-state index contributed by atoms with van der Waals surface area (Å²) >= 11 is 12.6. The maximum absolute atomic E-state index is 14.4. The Bertz CT molecular complexity index is 1570. The first-order valence-corrected chi connectivity index (χ1v) is 11.9. The molecule has 10 heteroatoms. The third-order valence-electron chi connectivity index (χ3n) is 5.60. The molecule has 0 aliphatic carbocycles. The molecule has 2 aromatic heterocycles. The number of halogens is 4. The fourth-order valence-electron chi connectivity index (χ4n) is 3.90. The van der Waals surface area contributed by atoms with Gasteiger partial charge >= 0.3 is 0 Å². The minimum absolute atomic E-state index is 0.120. The summed E-state index contributed by atoms with van der Waals surface area (Å²) in [5, 5.41) is 7.85. The zero-order chi connectivity index (χ0) is 25.4. The van der Waals surface area contributed by atoms with E-state index < -0.39 is 11.7 Å². The van der Waals surface area contributed by atoms with Gasteiger partial charge in [-0.3, -0.25) is 4.79 Å². The summed E-state index contributed by atoms with van der Waals surface area (Å²) in [4.78, 5) is 20.6. The Hall–Kier alpha value is -3.75. The maximum atomic E-state index is 14.4. The Balaban J connectivity index is 1.47. The van der Waals surface area contributed by atoms with Crippen LogP contribution in [0.15, 0.2) is 60.7 Å². The van der Waals surface area contributed by atoms with E-state index in [0.29, 0.717) is 29.1 Å². The number of nitrogens with one attached hydrogen (secondary N) is 2. The smallest absolute Gasteiger partial charge is 0.256 e. The van der Waals surface area contributed by atoms with Gasteiger partial charge < -0.3 is 10.3 Å². The average Bonchev–Trinajstić information content (AvgIpc) is 3.44. The molecule has 5 aromatic rings. The van der Waals surface area contributed by atoms with Crippen LogP contribution in [0.3, 0.4) is 0 Å². The number of hydrogen-bond donors (Lipinski definition) is 2. The molecule has 0 fully saturated rings. The monoisotopic (exact) mass is 525 g/mol. The molecule has 1 amide bonds. The summed E-state index contributed by atoms with van der Waals surface area (Å²) in [6.07, 6.45) is 0.792. The van der Waals surface area contributed by atoms with Gasteiger partial charge in [-0.15, -0.1) is 0 Å². The van der Waals surface area contributed by atoms with Gasteiger partial charge in [0.15, 0.2) is 0 Å². The van der Waals surface area contributed by atoms with Crippen LogP contribution >= 0.6 is 23.2 Å². The Kier molecular flexibility index (Phi) is 6.47. The third kappa shape index (κ3) is 4.57. The molecule has 2 heterocycles. The molecule has 36 heavy (non-hydrogen) atoms. The highest BCUT2D eigenvalue weighted by Crippen LogP contribution is 2.33. The summed E-state index contributed by atoms with van der Waals surface area (Å²) in [6.45, 7) is 2.57. The molecule has 0 saturated heterocycles. The molecule has 0 aliphatic heterocycles. The SMILES string of the molecule is CCCn1nc(-c2ccc(F)cc2)cc1NC(=O)c1cc(Cl)c2nc(-c3c(F)cccc3Cl)[nH]c2c1. The number of carbonyl (C=O) groups is 1. The molecule has 182 valence electrons. The van der Waals surface area contributed by atoms with Crippen LogP contribution < -0.4 is 5.32 Å². The fourth-order valence-corrected chi connectivity index (χ4v) is 4.41. The Morgan fingerprint density at radius 2 is 1.83 bits per heavy atom. The van der Waals surface area contributed by atoms with E-state index in [1.807, 2.05) is 6.92 Å². The van der Waals surface area contributed by atoms with Gasteiger partial charge in [-0.05, 0) is 55.0 Å². The molecule has 0 saturated carbocycles. The van der Waals surface area contributed by atoms with Gasteiger partial charge in [0.05, 0.1) is 26.8 Å². The number of aromatic amines is 1. The zero-order valence-electron chi connectivity index (χ0n) is 18.9. The van der Waals surface area contributed by atoms with Crippen molar-refractivity contribution in [1.29, 1.82) is 0 Å². The van der Waals surface area contributed by atoms with E-state index >= 15 is 0 Å². The number of anilines is 1. The van der Waals surface area contributed by atoms with Gasteiger partial charge in [0, 0.05) is 23.7 Å². The molecular weight excluding hydrogens is 507 g/mol. The molecule has 0 unspecified atom stereocenters. The molecule has 0 radical (unpaired) electrons. The molecule has 3 aromatic carbocycles. The molecule has 0 spiro atoms. The Labute approximate surface area is 214 Å². The average molecular weight is 526 g/mol. The van der Waals surface area contributed by atoms with Crippen molar-refractivity contribution in [2.45, 2.75) is 19.9 Å². The molecule has 5 rings (SSSR count). The van der Waals surface area contributed by atoms with Crippen molar-refractivity contribution < 1.29 is 13.6 Å². The van der Waals surface area contributed by atoms with E-state index in [2.05, 4.69) is 20.4 Å². The molecule has 2 N–H and O–H groups in total. The van der Waals surface area contributed by atoms with Crippen molar-refractivity contribution in [3.63, 3.8) is 0 Å². The Morgan fingerprint density at radius 3 is 2.56 bits per heavy atom. The Morgan fingerprint density at radius 1 is 1.06 bits per heavy atom. The number of H-pyrrole nitrogens is 1. The lowest BCUT2D eigenvalue weighted by Crippen LogP contribution is -2.15. The number of fused-ring (bicyclic) bond motifs is 1. The van der Waals surface area contributed by atoms with E-state index in [1.54, 1.807) is 35.0 Å². The fraction of sp³-hybridized carbons (Fsp3) is 0.115. The van der Waals surface area contributed by atoms with Crippen LogP contribution in [0.5, 0.6) is 0 Å². The van der Waals surface area contributed by atoms with Gasteiger partial charge in [0.1, 0.15) is 28.8 Å². The first-order chi connectivity index (χ1) is 17.3. The summed E-state index contributed by atoms with van der Waals surface area (Å²) in [5.74, 6) is -0.594. The highest BCUT2D eigenvalue weighted by atomic mass is 35.5. The van der Waals surface area contributed by atoms with Gasteiger partial charge in [-0.2, -0.15) is 5.10 Å². The van der Waals surface area contributed by atoms with Crippen molar-refractivity contribution in [2.75, 3.05) is 5.32 Å².